The molecule has 0 saturated carbocycles. The normalized spacial score (nSPS) is 13.9. The lowest BCUT2D eigenvalue weighted by Gasteiger charge is -2.20. The Morgan fingerprint density at radius 3 is 2.30 bits per heavy atom. The predicted octanol–water partition coefficient (Wildman–Crippen LogP) is 1.86. The number of hydrogen-bond donors (Lipinski definition) is 2. The van der Waals surface area contributed by atoms with E-state index in [4.69, 9.17) is 4.74 Å². The molecular formula is C15H30N2O3. The van der Waals surface area contributed by atoms with Crippen LogP contribution in [0.5, 0.6) is 0 Å². The van der Waals surface area contributed by atoms with E-state index in [1.807, 2.05) is 20.8 Å². The Morgan fingerprint density at radius 1 is 1.15 bits per heavy atom. The molecule has 0 aliphatic carbocycles. The molecule has 0 aromatic rings. The number of ether oxygens (including phenoxy) is 1. The lowest BCUT2D eigenvalue weighted by atomic mass is 10.0. The third kappa shape index (κ3) is 8.15. The molecule has 0 saturated heterocycles. The van der Waals surface area contributed by atoms with Crippen LogP contribution in [-0.2, 0) is 14.3 Å². The van der Waals surface area contributed by atoms with Gasteiger partial charge in [0, 0.05) is 6.04 Å². The highest BCUT2D eigenvalue weighted by atomic mass is 16.5. The van der Waals surface area contributed by atoms with E-state index in [1.54, 1.807) is 0 Å². The highest BCUT2D eigenvalue weighted by Gasteiger charge is 2.23. The van der Waals surface area contributed by atoms with Gasteiger partial charge in [-0.3, -0.25) is 14.9 Å². The summed E-state index contributed by atoms with van der Waals surface area (Å²) in [5, 5.41) is 5.89. The van der Waals surface area contributed by atoms with E-state index >= 15 is 0 Å². The van der Waals surface area contributed by atoms with Crippen molar-refractivity contribution in [3.63, 3.8) is 0 Å². The summed E-state index contributed by atoms with van der Waals surface area (Å²) >= 11 is 0. The van der Waals surface area contributed by atoms with Crippen LogP contribution in [0.4, 0.5) is 0 Å². The summed E-state index contributed by atoms with van der Waals surface area (Å²) in [7, 11) is 1.36. The van der Waals surface area contributed by atoms with E-state index in [0.717, 1.165) is 12.8 Å². The van der Waals surface area contributed by atoms with Crippen molar-refractivity contribution < 1.29 is 14.3 Å². The van der Waals surface area contributed by atoms with Gasteiger partial charge in [-0.1, -0.05) is 40.0 Å². The maximum absolute atomic E-state index is 11.8. The van der Waals surface area contributed by atoms with Crippen molar-refractivity contribution in [3.05, 3.63) is 0 Å². The fraction of sp³-hybridized carbons (Fsp3) is 0.867. The monoisotopic (exact) mass is 286 g/mol. The standard InChI is InChI=1S/C15H30N2O3/c1-6-7-8-9-12(4)17-13(18)10-16-14(11(2)3)15(19)20-5/h11-12,14,16H,6-10H2,1-5H3,(H,17,18). The van der Waals surface area contributed by atoms with Gasteiger partial charge < -0.3 is 10.1 Å². The van der Waals surface area contributed by atoms with Gasteiger partial charge in [0.1, 0.15) is 6.04 Å². The minimum atomic E-state index is -0.443. The van der Waals surface area contributed by atoms with Crippen LogP contribution in [-0.4, -0.2) is 37.6 Å². The van der Waals surface area contributed by atoms with Crippen molar-refractivity contribution >= 4 is 11.9 Å². The minimum absolute atomic E-state index is 0.0800. The molecule has 0 rings (SSSR count). The molecule has 20 heavy (non-hydrogen) atoms. The molecule has 0 radical (unpaired) electrons. The number of rotatable bonds is 10. The van der Waals surface area contributed by atoms with Gasteiger partial charge in [0.15, 0.2) is 0 Å². The molecule has 2 atom stereocenters. The summed E-state index contributed by atoms with van der Waals surface area (Å²) in [6, 6.07) is -0.271. The third-order valence-electron chi connectivity index (χ3n) is 3.25. The van der Waals surface area contributed by atoms with Crippen molar-refractivity contribution in [2.24, 2.45) is 5.92 Å². The molecule has 0 heterocycles. The molecule has 5 nitrogen and oxygen atoms in total. The van der Waals surface area contributed by atoms with E-state index in [2.05, 4.69) is 17.6 Å². The molecule has 2 unspecified atom stereocenters. The van der Waals surface area contributed by atoms with Gasteiger partial charge >= 0.3 is 5.97 Å². The van der Waals surface area contributed by atoms with E-state index in [-0.39, 0.29) is 30.4 Å². The maximum atomic E-state index is 11.8. The van der Waals surface area contributed by atoms with Crippen LogP contribution in [0.2, 0.25) is 0 Å². The Balaban J connectivity index is 4.04. The van der Waals surface area contributed by atoms with Crippen LogP contribution in [0.15, 0.2) is 0 Å². The summed E-state index contributed by atoms with van der Waals surface area (Å²) in [5.41, 5.74) is 0. The zero-order chi connectivity index (χ0) is 15.5. The highest BCUT2D eigenvalue weighted by molar-refractivity contribution is 5.80. The first-order valence-electron chi connectivity index (χ1n) is 7.52. The molecular weight excluding hydrogens is 256 g/mol. The SMILES string of the molecule is CCCCCC(C)NC(=O)CNC(C(=O)OC)C(C)C. The fourth-order valence-corrected chi connectivity index (χ4v) is 2.02. The van der Waals surface area contributed by atoms with E-state index in [1.165, 1.54) is 20.0 Å². The molecule has 0 aromatic carbocycles. The van der Waals surface area contributed by atoms with Crippen LogP contribution in [0.25, 0.3) is 0 Å². The quantitative estimate of drug-likeness (QED) is 0.475. The number of carbonyl (C=O) groups is 2. The Bertz CT molecular complexity index is 293. The number of methoxy groups -OCH3 is 1. The summed E-state index contributed by atoms with van der Waals surface area (Å²) in [4.78, 5) is 23.3. The van der Waals surface area contributed by atoms with Gasteiger partial charge in [0.05, 0.1) is 13.7 Å². The first kappa shape index (κ1) is 18.9. The number of esters is 1. The van der Waals surface area contributed by atoms with Gasteiger partial charge in [0.25, 0.3) is 0 Å². The van der Waals surface area contributed by atoms with E-state index in [0.29, 0.717) is 0 Å². The van der Waals surface area contributed by atoms with Crippen LogP contribution < -0.4 is 10.6 Å². The summed E-state index contributed by atoms with van der Waals surface area (Å²) in [5.74, 6) is -0.329. The Morgan fingerprint density at radius 2 is 1.80 bits per heavy atom. The molecule has 5 heteroatoms. The number of nitrogens with one attached hydrogen (secondary N) is 2. The number of hydrogen-bond acceptors (Lipinski definition) is 4. The van der Waals surface area contributed by atoms with Gasteiger partial charge in [-0.15, -0.1) is 0 Å². The molecule has 0 fully saturated rings. The smallest absolute Gasteiger partial charge is 0.323 e. The fourth-order valence-electron chi connectivity index (χ4n) is 2.02. The molecule has 0 aromatic heterocycles. The van der Waals surface area contributed by atoms with Crippen LogP contribution >= 0.6 is 0 Å². The molecule has 0 aliphatic rings. The van der Waals surface area contributed by atoms with Crippen molar-refractivity contribution in [1.29, 1.82) is 0 Å². The number of carbonyl (C=O) groups excluding carboxylic acids is 2. The first-order valence-corrected chi connectivity index (χ1v) is 7.52. The number of unbranched alkanes of at least 4 members (excludes halogenated alkanes) is 2. The molecule has 0 spiro atoms. The first-order chi connectivity index (χ1) is 9.42. The lowest BCUT2D eigenvalue weighted by Crippen LogP contribution is -2.47. The second-order valence-corrected chi connectivity index (χ2v) is 5.59. The van der Waals surface area contributed by atoms with Crippen LogP contribution in [0.3, 0.4) is 0 Å². The largest absolute Gasteiger partial charge is 0.468 e. The van der Waals surface area contributed by atoms with E-state index in [9.17, 15) is 9.59 Å². The van der Waals surface area contributed by atoms with Crippen LogP contribution in [0.1, 0.15) is 53.4 Å². The molecule has 1 amide bonds. The van der Waals surface area contributed by atoms with Crippen molar-refractivity contribution in [2.45, 2.75) is 65.5 Å². The Hall–Kier alpha value is -1.10. The van der Waals surface area contributed by atoms with Crippen molar-refractivity contribution in [3.8, 4) is 0 Å². The summed E-state index contributed by atoms with van der Waals surface area (Å²) in [6.07, 6.45) is 4.49. The van der Waals surface area contributed by atoms with Gasteiger partial charge in [-0.25, -0.2) is 0 Å². The van der Waals surface area contributed by atoms with Gasteiger partial charge in [-0.2, -0.15) is 0 Å². The number of amides is 1. The van der Waals surface area contributed by atoms with E-state index < -0.39 is 6.04 Å². The third-order valence-corrected chi connectivity index (χ3v) is 3.25. The molecule has 118 valence electrons. The average Bonchev–Trinajstić information content (AvgIpc) is 2.38. The van der Waals surface area contributed by atoms with Gasteiger partial charge in [0.2, 0.25) is 5.91 Å². The Labute approximate surface area is 122 Å². The Kier molecular flexibility index (Phi) is 10.1. The zero-order valence-electron chi connectivity index (χ0n) is 13.5. The second kappa shape index (κ2) is 10.7. The molecule has 0 bridgehead atoms. The topological polar surface area (TPSA) is 67.4 Å². The predicted molar refractivity (Wildman–Crippen MR) is 80.4 cm³/mol. The summed E-state index contributed by atoms with van der Waals surface area (Å²) in [6.45, 7) is 8.13. The van der Waals surface area contributed by atoms with Crippen molar-refractivity contribution in [2.75, 3.05) is 13.7 Å². The van der Waals surface area contributed by atoms with Gasteiger partial charge in [-0.05, 0) is 19.3 Å². The summed E-state index contributed by atoms with van der Waals surface area (Å²) < 4.78 is 4.72. The lowest BCUT2D eigenvalue weighted by molar-refractivity contribution is -0.144. The molecule has 2 N–H and O–H groups in total. The maximum Gasteiger partial charge on any atom is 0.323 e. The average molecular weight is 286 g/mol. The highest BCUT2D eigenvalue weighted by Crippen LogP contribution is 2.04. The molecule has 0 aliphatic heterocycles. The second-order valence-electron chi connectivity index (χ2n) is 5.59. The van der Waals surface area contributed by atoms with Crippen molar-refractivity contribution in [1.82, 2.24) is 10.6 Å². The zero-order valence-corrected chi connectivity index (χ0v) is 13.5. The minimum Gasteiger partial charge on any atom is -0.468 e. The van der Waals surface area contributed by atoms with Crippen LogP contribution in [0, 0.1) is 5.92 Å².